The van der Waals surface area contributed by atoms with Crippen LogP contribution in [0.1, 0.15) is 41.6 Å². The molecule has 0 unspecified atom stereocenters. The fourth-order valence-electron chi connectivity index (χ4n) is 4.78. The number of alkyl halides is 3. The predicted molar refractivity (Wildman–Crippen MR) is 96.1 cm³/mol. The quantitative estimate of drug-likeness (QED) is 0.783. The highest BCUT2D eigenvalue weighted by Crippen LogP contribution is 2.45. The molecular weight excluding hydrogens is 357 g/mol. The number of nitrogens with zero attached hydrogens (tertiary/aromatic N) is 2. The molecule has 0 aliphatic carbocycles. The standard InChI is InChI=1S/C20H25F3N2O2/c1-24-17-3-2-15(20(21,22)23)12-16(17)18(26)19(24)6-8-25(9-7-19)13-14-4-10-27-11-5-14/h2-3,12,14H,4-11,13H2,1H3. The summed E-state index contributed by atoms with van der Waals surface area (Å²) in [5.41, 5.74) is -0.619. The Morgan fingerprint density at radius 2 is 1.85 bits per heavy atom. The van der Waals surface area contributed by atoms with Crippen molar-refractivity contribution in [2.75, 3.05) is 44.8 Å². The lowest BCUT2D eigenvalue weighted by molar-refractivity contribution is -0.137. The number of anilines is 1. The number of carbonyl (C=O) groups excluding carboxylic acids is 1. The molecule has 2 fully saturated rings. The third-order valence-electron chi connectivity index (χ3n) is 6.54. The van der Waals surface area contributed by atoms with E-state index in [1.54, 1.807) is 0 Å². The largest absolute Gasteiger partial charge is 0.416 e. The third kappa shape index (κ3) is 3.25. The Morgan fingerprint density at radius 1 is 1.19 bits per heavy atom. The molecule has 27 heavy (non-hydrogen) atoms. The molecule has 0 atom stereocenters. The van der Waals surface area contributed by atoms with E-state index in [1.165, 1.54) is 6.07 Å². The van der Waals surface area contributed by atoms with Gasteiger partial charge < -0.3 is 14.5 Å². The van der Waals surface area contributed by atoms with Crippen LogP contribution in [0.5, 0.6) is 0 Å². The van der Waals surface area contributed by atoms with Gasteiger partial charge in [-0.1, -0.05) is 0 Å². The van der Waals surface area contributed by atoms with Gasteiger partial charge in [-0.2, -0.15) is 13.2 Å². The topological polar surface area (TPSA) is 32.8 Å². The summed E-state index contributed by atoms with van der Waals surface area (Å²) in [5, 5.41) is 0. The van der Waals surface area contributed by atoms with Crippen molar-refractivity contribution < 1.29 is 22.7 Å². The smallest absolute Gasteiger partial charge is 0.381 e. The summed E-state index contributed by atoms with van der Waals surface area (Å²) >= 11 is 0. The van der Waals surface area contributed by atoms with Crippen LogP contribution in [-0.2, 0) is 10.9 Å². The summed E-state index contributed by atoms with van der Waals surface area (Å²) in [4.78, 5) is 17.4. The van der Waals surface area contributed by atoms with Gasteiger partial charge in [0, 0.05) is 51.1 Å². The van der Waals surface area contributed by atoms with Crippen LogP contribution >= 0.6 is 0 Å². The van der Waals surface area contributed by atoms with Gasteiger partial charge in [0.05, 0.1) is 5.56 Å². The van der Waals surface area contributed by atoms with E-state index in [-0.39, 0.29) is 11.3 Å². The summed E-state index contributed by atoms with van der Waals surface area (Å²) < 4.78 is 44.6. The van der Waals surface area contributed by atoms with Gasteiger partial charge in [-0.3, -0.25) is 4.79 Å². The number of halogens is 3. The second kappa shape index (κ2) is 6.78. The first-order chi connectivity index (χ1) is 12.8. The number of benzene rings is 1. The molecule has 0 bridgehead atoms. The van der Waals surface area contributed by atoms with E-state index < -0.39 is 17.3 Å². The number of hydrogen-bond acceptors (Lipinski definition) is 4. The Hall–Kier alpha value is -1.60. The molecule has 3 aliphatic rings. The predicted octanol–water partition coefficient (Wildman–Crippen LogP) is 3.60. The molecule has 4 nitrogen and oxygen atoms in total. The second-order valence-corrected chi connectivity index (χ2v) is 8.01. The van der Waals surface area contributed by atoms with Crippen LogP contribution in [0.15, 0.2) is 18.2 Å². The van der Waals surface area contributed by atoms with Gasteiger partial charge in [0.1, 0.15) is 5.54 Å². The van der Waals surface area contributed by atoms with Gasteiger partial charge in [0.15, 0.2) is 5.78 Å². The van der Waals surface area contributed by atoms with Crippen LogP contribution in [0.3, 0.4) is 0 Å². The lowest BCUT2D eigenvalue weighted by Gasteiger charge is -2.44. The van der Waals surface area contributed by atoms with E-state index in [4.69, 9.17) is 4.74 Å². The van der Waals surface area contributed by atoms with Crippen LogP contribution in [-0.4, -0.2) is 56.1 Å². The highest BCUT2D eigenvalue weighted by molar-refractivity contribution is 6.14. The number of ketones is 1. The van der Waals surface area contributed by atoms with Gasteiger partial charge in [-0.05, 0) is 49.8 Å². The summed E-state index contributed by atoms with van der Waals surface area (Å²) in [5.74, 6) is 0.480. The van der Waals surface area contributed by atoms with E-state index in [0.29, 0.717) is 24.4 Å². The van der Waals surface area contributed by atoms with Crippen molar-refractivity contribution in [2.45, 2.75) is 37.4 Å². The molecule has 1 aromatic carbocycles. The molecule has 0 radical (unpaired) electrons. The molecule has 4 rings (SSSR count). The molecule has 0 N–H and O–H groups in total. The van der Waals surface area contributed by atoms with E-state index in [9.17, 15) is 18.0 Å². The fourth-order valence-corrected chi connectivity index (χ4v) is 4.78. The van der Waals surface area contributed by atoms with E-state index in [0.717, 1.165) is 57.8 Å². The Bertz CT molecular complexity index is 720. The lowest BCUT2D eigenvalue weighted by atomic mass is 9.82. The Balaban J connectivity index is 1.48. The maximum absolute atomic E-state index is 13.1. The van der Waals surface area contributed by atoms with Crippen molar-refractivity contribution >= 4 is 11.5 Å². The van der Waals surface area contributed by atoms with E-state index in [1.807, 2.05) is 11.9 Å². The first-order valence-corrected chi connectivity index (χ1v) is 9.61. The summed E-state index contributed by atoms with van der Waals surface area (Å²) in [6.45, 7) is 4.25. The van der Waals surface area contributed by atoms with Crippen LogP contribution < -0.4 is 4.90 Å². The maximum atomic E-state index is 13.1. The second-order valence-electron chi connectivity index (χ2n) is 8.01. The highest BCUT2D eigenvalue weighted by atomic mass is 19.4. The molecule has 0 saturated carbocycles. The summed E-state index contributed by atoms with van der Waals surface area (Å²) in [7, 11) is 1.84. The number of hydrogen-bond donors (Lipinski definition) is 0. The van der Waals surface area contributed by atoms with Gasteiger partial charge in [0.2, 0.25) is 0 Å². The van der Waals surface area contributed by atoms with Crippen molar-refractivity contribution in [2.24, 2.45) is 5.92 Å². The zero-order chi connectivity index (χ0) is 19.2. The van der Waals surface area contributed by atoms with Crippen molar-refractivity contribution in [3.63, 3.8) is 0 Å². The van der Waals surface area contributed by atoms with E-state index in [2.05, 4.69) is 4.90 Å². The molecule has 1 aromatic rings. The number of ether oxygens (including phenoxy) is 1. The Labute approximate surface area is 157 Å². The first-order valence-electron chi connectivity index (χ1n) is 9.61. The number of rotatable bonds is 2. The Morgan fingerprint density at radius 3 is 2.48 bits per heavy atom. The normalized spacial score (nSPS) is 23.9. The molecule has 0 aromatic heterocycles. The minimum atomic E-state index is -4.43. The number of likely N-dealkylation sites (tertiary alicyclic amines) is 1. The highest BCUT2D eigenvalue weighted by Gasteiger charge is 2.51. The van der Waals surface area contributed by atoms with E-state index >= 15 is 0 Å². The van der Waals surface area contributed by atoms with Crippen LogP contribution in [0.25, 0.3) is 0 Å². The van der Waals surface area contributed by atoms with Crippen LogP contribution in [0.4, 0.5) is 18.9 Å². The number of likely N-dealkylation sites (N-methyl/N-ethyl adjacent to an activating group) is 1. The summed E-state index contributed by atoms with van der Waals surface area (Å²) in [6, 6.07) is 3.54. The molecule has 148 valence electrons. The average molecular weight is 382 g/mol. The zero-order valence-corrected chi connectivity index (χ0v) is 15.5. The van der Waals surface area contributed by atoms with Crippen molar-refractivity contribution in [1.29, 1.82) is 0 Å². The monoisotopic (exact) mass is 382 g/mol. The average Bonchev–Trinajstić information content (AvgIpc) is 2.86. The number of carbonyl (C=O) groups is 1. The molecule has 3 heterocycles. The summed E-state index contributed by atoms with van der Waals surface area (Å²) in [6.07, 6.45) is -0.974. The maximum Gasteiger partial charge on any atom is 0.416 e. The molecule has 3 aliphatic heterocycles. The minimum absolute atomic E-state index is 0.156. The van der Waals surface area contributed by atoms with Gasteiger partial charge in [0.25, 0.3) is 0 Å². The first kappa shape index (κ1) is 18.7. The van der Waals surface area contributed by atoms with Crippen molar-refractivity contribution in [1.82, 2.24) is 4.90 Å². The number of fused-ring (bicyclic) bond motifs is 1. The number of piperidine rings is 1. The molecule has 0 amide bonds. The SMILES string of the molecule is CN1c2ccc(C(F)(F)F)cc2C(=O)C12CCN(CC1CCOCC1)CC2. The molecule has 7 heteroatoms. The molecular formula is C20H25F3N2O2. The van der Waals surface area contributed by atoms with Gasteiger partial charge >= 0.3 is 6.18 Å². The minimum Gasteiger partial charge on any atom is -0.381 e. The lowest BCUT2D eigenvalue weighted by Crippen LogP contribution is -2.56. The van der Waals surface area contributed by atoms with Crippen molar-refractivity contribution in [3.8, 4) is 0 Å². The van der Waals surface area contributed by atoms with Gasteiger partial charge in [-0.15, -0.1) is 0 Å². The van der Waals surface area contributed by atoms with Crippen LogP contribution in [0, 0.1) is 5.92 Å². The van der Waals surface area contributed by atoms with Crippen molar-refractivity contribution in [3.05, 3.63) is 29.3 Å². The Kier molecular flexibility index (Phi) is 4.71. The number of Topliss-reactive ketones (excluding diaryl/α,β-unsaturated/α-hetero) is 1. The molecule has 2 saturated heterocycles. The molecule has 1 spiro atoms. The van der Waals surface area contributed by atoms with Gasteiger partial charge in [-0.25, -0.2) is 0 Å². The third-order valence-corrected chi connectivity index (χ3v) is 6.54. The zero-order valence-electron chi connectivity index (χ0n) is 15.5. The fraction of sp³-hybridized carbons (Fsp3) is 0.650. The van der Waals surface area contributed by atoms with Crippen LogP contribution in [0.2, 0.25) is 0 Å².